The fourth-order valence-electron chi connectivity index (χ4n) is 3.45. The maximum absolute atomic E-state index is 13.1. The summed E-state index contributed by atoms with van der Waals surface area (Å²) in [5.74, 6) is 1.55. The molecule has 0 spiro atoms. The first-order valence-corrected chi connectivity index (χ1v) is 11.7. The zero-order valence-electron chi connectivity index (χ0n) is 18.6. The van der Waals surface area contributed by atoms with E-state index >= 15 is 0 Å². The van der Waals surface area contributed by atoms with E-state index in [4.69, 9.17) is 16.6 Å². The van der Waals surface area contributed by atoms with Crippen LogP contribution in [0, 0.1) is 24.2 Å². The Morgan fingerprint density at radius 1 is 1.38 bits per heavy atom. The molecule has 1 amide bonds. The van der Waals surface area contributed by atoms with E-state index in [1.54, 1.807) is 30.2 Å². The van der Waals surface area contributed by atoms with E-state index in [0.29, 0.717) is 57.5 Å². The van der Waals surface area contributed by atoms with Gasteiger partial charge in [0.15, 0.2) is 0 Å². The standard InChI is InChI=1S/C23H26N4O3S2/c1-5-26-20(25-13-16-7-6-10-30-16)17(15(4)18(12-24)21(26)28)11-19-22(29)27(23(31)32-19)9-8-14(2)3/h6-7,10-11,14,25H,5,8-9,13H2,1-4H3/b19-11-. The molecular formula is C23H26N4O3S2. The van der Waals surface area contributed by atoms with Crippen LogP contribution in [0.2, 0.25) is 0 Å². The maximum Gasteiger partial charge on any atom is 0.270 e. The summed E-state index contributed by atoms with van der Waals surface area (Å²) in [6.07, 6.45) is 4.17. The van der Waals surface area contributed by atoms with Crippen LogP contribution in [0.4, 0.5) is 5.82 Å². The van der Waals surface area contributed by atoms with Crippen LogP contribution in [0.5, 0.6) is 0 Å². The number of amides is 1. The van der Waals surface area contributed by atoms with Gasteiger partial charge < -0.3 is 9.73 Å². The molecule has 1 N–H and O–H groups in total. The highest BCUT2D eigenvalue weighted by molar-refractivity contribution is 8.26. The van der Waals surface area contributed by atoms with Gasteiger partial charge in [0.2, 0.25) is 0 Å². The fourth-order valence-corrected chi connectivity index (χ4v) is 4.74. The van der Waals surface area contributed by atoms with Crippen LogP contribution >= 0.6 is 24.0 Å². The Hall–Kier alpha value is -2.83. The topological polar surface area (TPSA) is 91.3 Å². The van der Waals surface area contributed by atoms with E-state index in [2.05, 4.69) is 19.2 Å². The van der Waals surface area contributed by atoms with Gasteiger partial charge in [0, 0.05) is 18.7 Å². The van der Waals surface area contributed by atoms with Crippen LogP contribution in [0.1, 0.15) is 49.6 Å². The van der Waals surface area contributed by atoms with Gasteiger partial charge in [-0.3, -0.25) is 19.1 Å². The highest BCUT2D eigenvalue weighted by Gasteiger charge is 2.32. The molecule has 1 saturated heterocycles. The molecule has 0 aliphatic carbocycles. The predicted molar refractivity (Wildman–Crippen MR) is 131 cm³/mol. The molecule has 1 fully saturated rings. The number of aromatic nitrogens is 1. The molecule has 0 saturated carbocycles. The number of nitrogens with zero attached hydrogens (tertiary/aromatic N) is 3. The van der Waals surface area contributed by atoms with Crippen molar-refractivity contribution >= 4 is 46.1 Å². The Balaban J connectivity index is 2.08. The largest absolute Gasteiger partial charge is 0.467 e. The molecule has 168 valence electrons. The normalized spacial score (nSPS) is 15.1. The van der Waals surface area contributed by atoms with Gasteiger partial charge in [0.05, 0.1) is 17.7 Å². The average molecular weight is 471 g/mol. The second-order valence-electron chi connectivity index (χ2n) is 7.87. The number of nitriles is 1. The smallest absolute Gasteiger partial charge is 0.270 e. The molecular weight excluding hydrogens is 444 g/mol. The molecule has 1 aliphatic rings. The number of furan rings is 1. The molecule has 3 heterocycles. The van der Waals surface area contributed by atoms with Crippen LogP contribution < -0.4 is 10.9 Å². The minimum atomic E-state index is -0.365. The second-order valence-corrected chi connectivity index (χ2v) is 9.55. The van der Waals surface area contributed by atoms with E-state index in [0.717, 1.165) is 6.42 Å². The minimum absolute atomic E-state index is 0.0666. The van der Waals surface area contributed by atoms with Crippen LogP contribution in [0.25, 0.3) is 6.08 Å². The number of hydrogen-bond donors (Lipinski definition) is 1. The van der Waals surface area contributed by atoms with Gasteiger partial charge >= 0.3 is 0 Å². The van der Waals surface area contributed by atoms with E-state index in [1.807, 2.05) is 19.1 Å². The lowest BCUT2D eigenvalue weighted by Crippen LogP contribution is -2.30. The number of nitrogens with one attached hydrogen (secondary N) is 1. The fraction of sp³-hybridized carbons (Fsp3) is 0.391. The third-order valence-corrected chi connectivity index (χ3v) is 6.66. The summed E-state index contributed by atoms with van der Waals surface area (Å²) in [6, 6.07) is 5.64. The molecule has 0 unspecified atom stereocenters. The number of rotatable bonds is 8. The van der Waals surface area contributed by atoms with E-state index in [9.17, 15) is 14.9 Å². The number of carbonyl (C=O) groups is 1. The third-order valence-electron chi connectivity index (χ3n) is 5.28. The first-order valence-electron chi connectivity index (χ1n) is 10.5. The summed E-state index contributed by atoms with van der Waals surface area (Å²) < 4.78 is 7.44. The first kappa shape index (κ1) is 23.8. The summed E-state index contributed by atoms with van der Waals surface area (Å²) in [5, 5.41) is 12.9. The van der Waals surface area contributed by atoms with Crippen molar-refractivity contribution in [2.75, 3.05) is 11.9 Å². The van der Waals surface area contributed by atoms with Crippen molar-refractivity contribution < 1.29 is 9.21 Å². The Bertz CT molecular complexity index is 1160. The van der Waals surface area contributed by atoms with Crippen molar-refractivity contribution in [2.24, 2.45) is 5.92 Å². The second kappa shape index (κ2) is 10.2. The summed E-state index contributed by atoms with van der Waals surface area (Å²) in [5.41, 5.74) is 0.850. The molecule has 0 atom stereocenters. The van der Waals surface area contributed by atoms with Crippen molar-refractivity contribution in [3.63, 3.8) is 0 Å². The van der Waals surface area contributed by atoms with Crippen LogP contribution in [0.3, 0.4) is 0 Å². The van der Waals surface area contributed by atoms with Gasteiger partial charge in [-0.05, 0) is 50.0 Å². The molecule has 2 aromatic rings. The number of hydrogen-bond acceptors (Lipinski definition) is 7. The van der Waals surface area contributed by atoms with E-state index in [1.165, 1.54) is 16.3 Å². The summed E-state index contributed by atoms with van der Waals surface area (Å²) >= 11 is 6.69. The number of anilines is 1. The Morgan fingerprint density at radius 2 is 2.12 bits per heavy atom. The molecule has 7 nitrogen and oxygen atoms in total. The van der Waals surface area contributed by atoms with Gasteiger partial charge in [0.1, 0.15) is 27.5 Å². The monoisotopic (exact) mass is 470 g/mol. The summed E-state index contributed by atoms with van der Waals surface area (Å²) in [6.45, 7) is 9.06. The third kappa shape index (κ3) is 4.81. The van der Waals surface area contributed by atoms with Crippen LogP contribution in [-0.2, 0) is 17.9 Å². The number of pyridine rings is 1. The number of thioether (sulfide) groups is 1. The van der Waals surface area contributed by atoms with Crippen molar-refractivity contribution in [1.82, 2.24) is 9.47 Å². The molecule has 0 bridgehead atoms. The lowest BCUT2D eigenvalue weighted by molar-refractivity contribution is -0.122. The van der Waals surface area contributed by atoms with Crippen molar-refractivity contribution in [2.45, 2.75) is 47.2 Å². The van der Waals surface area contributed by atoms with Crippen molar-refractivity contribution in [3.05, 3.63) is 56.1 Å². The molecule has 9 heteroatoms. The molecule has 1 aliphatic heterocycles. The van der Waals surface area contributed by atoms with E-state index in [-0.39, 0.29) is 17.0 Å². The van der Waals surface area contributed by atoms with Crippen molar-refractivity contribution in [1.29, 1.82) is 5.26 Å². The molecule has 0 aromatic carbocycles. The highest BCUT2D eigenvalue weighted by Crippen LogP contribution is 2.35. The van der Waals surface area contributed by atoms with Crippen molar-refractivity contribution in [3.8, 4) is 6.07 Å². The molecule has 32 heavy (non-hydrogen) atoms. The molecule has 0 radical (unpaired) electrons. The summed E-state index contributed by atoms with van der Waals surface area (Å²) in [7, 11) is 0. The zero-order valence-corrected chi connectivity index (χ0v) is 20.2. The van der Waals surface area contributed by atoms with Gasteiger partial charge in [0.25, 0.3) is 11.5 Å². The highest BCUT2D eigenvalue weighted by atomic mass is 32.2. The van der Waals surface area contributed by atoms with Gasteiger partial charge in [-0.25, -0.2) is 0 Å². The van der Waals surface area contributed by atoms with Gasteiger partial charge in [-0.1, -0.05) is 37.8 Å². The van der Waals surface area contributed by atoms with Crippen LogP contribution in [-0.4, -0.2) is 26.2 Å². The number of carbonyl (C=O) groups excluding carboxylic acids is 1. The predicted octanol–water partition coefficient (Wildman–Crippen LogP) is 4.50. The lowest BCUT2D eigenvalue weighted by Gasteiger charge is -2.19. The quantitative estimate of drug-likeness (QED) is 0.449. The Kier molecular flexibility index (Phi) is 7.59. The summed E-state index contributed by atoms with van der Waals surface area (Å²) in [4.78, 5) is 28.1. The minimum Gasteiger partial charge on any atom is -0.467 e. The lowest BCUT2D eigenvalue weighted by atomic mass is 10.0. The average Bonchev–Trinajstić information content (AvgIpc) is 3.36. The number of thiocarbonyl (C=S) groups is 1. The van der Waals surface area contributed by atoms with Crippen LogP contribution in [0.15, 0.2) is 32.5 Å². The Morgan fingerprint density at radius 3 is 2.72 bits per heavy atom. The Labute approximate surface area is 197 Å². The van der Waals surface area contributed by atoms with Gasteiger partial charge in [-0.2, -0.15) is 5.26 Å². The zero-order chi connectivity index (χ0) is 23.4. The molecule has 2 aromatic heterocycles. The maximum atomic E-state index is 13.1. The van der Waals surface area contributed by atoms with Gasteiger partial charge in [-0.15, -0.1) is 0 Å². The first-order chi connectivity index (χ1) is 15.3. The SMILES string of the molecule is CCn1c(NCc2ccco2)c(/C=C2\SC(=S)N(CCC(C)C)C2=O)c(C)c(C#N)c1=O. The van der Waals surface area contributed by atoms with E-state index < -0.39 is 0 Å². The molecule has 3 rings (SSSR count).